The molecule has 0 unspecified atom stereocenters. The number of phenolic OH excluding ortho intramolecular Hbond substituents is 1. The minimum absolute atomic E-state index is 0.0378. The minimum Gasteiger partial charge on any atom is -0.508 e. The van der Waals surface area contributed by atoms with Crippen LogP contribution in [0, 0.1) is 6.92 Å². The highest BCUT2D eigenvalue weighted by Crippen LogP contribution is 2.34. The molecule has 3 rings (SSSR count). The van der Waals surface area contributed by atoms with E-state index in [0.717, 1.165) is 5.39 Å². The third kappa shape index (κ3) is 3.74. The Bertz CT molecular complexity index is 964. The van der Waals surface area contributed by atoms with E-state index in [2.05, 4.69) is 15.1 Å². The first kappa shape index (κ1) is 17.7. The highest BCUT2D eigenvalue weighted by atomic mass is 19.4. The molecular formula is C18H15F3N2O3. The smallest absolute Gasteiger partial charge is 0.449 e. The highest BCUT2D eigenvalue weighted by Gasteiger charge is 2.37. The van der Waals surface area contributed by atoms with Gasteiger partial charge in [0.05, 0.1) is 5.69 Å². The number of furan rings is 1. The number of nitrogens with one attached hydrogen (secondary N) is 2. The number of benzene rings is 2. The van der Waals surface area contributed by atoms with Gasteiger partial charge in [-0.15, -0.1) is 0 Å². The van der Waals surface area contributed by atoms with Crippen molar-refractivity contribution in [3.63, 3.8) is 0 Å². The van der Waals surface area contributed by atoms with Crippen molar-refractivity contribution in [1.82, 2.24) is 5.32 Å². The van der Waals surface area contributed by atoms with Crippen molar-refractivity contribution in [1.29, 1.82) is 0 Å². The predicted molar refractivity (Wildman–Crippen MR) is 89.9 cm³/mol. The molecule has 3 aromatic rings. The lowest BCUT2D eigenvalue weighted by molar-refractivity contribution is -0.154. The molecule has 0 fully saturated rings. The molecule has 2 aromatic carbocycles. The number of alkyl halides is 3. The average Bonchev–Trinajstić information content (AvgIpc) is 2.95. The van der Waals surface area contributed by atoms with E-state index in [9.17, 15) is 23.1 Å². The van der Waals surface area contributed by atoms with E-state index in [1.807, 2.05) is 6.07 Å². The number of halogens is 3. The molecule has 0 bridgehead atoms. The van der Waals surface area contributed by atoms with E-state index in [-0.39, 0.29) is 23.6 Å². The molecule has 26 heavy (non-hydrogen) atoms. The number of rotatable bonds is 3. The topological polar surface area (TPSA) is 74.5 Å². The summed E-state index contributed by atoms with van der Waals surface area (Å²) in [5, 5.41) is 16.0. The molecule has 1 aromatic heterocycles. The summed E-state index contributed by atoms with van der Waals surface area (Å²) in [6.45, 7) is 1.06. The summed E-state index contributed by atoms with van der Waals surface area (Å²) in [5.74, 6) is -0.972. The molecule has 0 spiro atoms. The maximum Gasteiger partial charge on any atom is 0.449 e. The molecule has 0 radical (unpaired) electrons. The maximum absolute atomic E-state index is 12.9. The molecule has 0 aliphatic heterocycles. The number of amides is 2. The number of hydrogen-bond acceptors (Lipinski definition) is 3. The van der Waals surface area contributed by atoms with Gasteiger partial charge in [0, 0.05) is 17.5 Å². The maximum atomic E-state index is 12.9. The van der Waals surface area contributed by atoms with Crippen LogP contribution in [0.25, 0.3) is 10.8 Å². The van der Waals surface area contributed by atoms with Gasteiger partial charge >= 0.3 is 12.2 Å². The second kappa shape index (κ2) is 6.62. The zero-order chi connectivity index (χ0) is 18.9. The number of hydrogen-bond donors (Lipinski definition) is 3. The number of carbonyl (C=O) groups excluding carboxylic acids is 1. The Morgan fingerprint density at radius 2 is 1.96 bits per heavy atom. The number of anilines is 1. The molecule has 0 saturated heterocycles. The van der Waals surface area contributed by atoms with Crippen LogP contribution in [0.4, 0.5) is 23.7 Å². The highest BCUT2D eigenvalue weighted by molar-refractivity contribution is 6.02. The first-order chi connectivity index (χ1) is 12.2. The normalized spacial score (nSPS) is 11.5. The zero-order valence-corrected chi connectivity index (χ0v) is 13.6. The second-order valence-corrected chi connectivity index (χ2v) is 5.73. The number of aromatic hydroxyl groups is 1. The van der Waals surface area contributed by atoms with Crippen LogP contribution in [0.5, 0.6) is 5.75 Å². The van der Waals surface area contributed by atoms with Crippen LogP contribution in [0.3, 0.4) is 0 Å². The Kier molecular flexibility index (Phi) is 4.50. The Hall–Kier alpha value is -3.16. The molecule has 0 aliphatic rings. The standard InChI is InChI=1S/C18H15F3N2O3/c1-10-7-12(16(26-10)18(19,20)21)9-22-17(25)23-15-4-2-3-11-5-6-13(24)8-14(11)15/h2-8,24H,9H2,1H3,(H2,22,23,25). The molecule has 1 heterocycles. The molecule has 5 nitrogen and oxygen atoms in total. The zero-order valence-electron chi connectivity index (χ0n) is 13.6. The first-order valence-corrected chi connectivity index (χ1v) is 7.67. The van der Waals surface area contributed by atoms with Crippen molar-refractivity contribution in [2.24, 2.45) is 0 Å². The van der Waals surface area contributed by atoms with Gasteiger partial charge < -0.3 is 20.2 Å². The summed E-state index contributed by atoms with van der Waals surface area (Å²) in [7, 11) is 0. The molecule has 0 saturated carbocycles. The van der Waals surface area contributed by atoms with Crippen LogP contribution in [0.15, 0.2) is 46.9 Å². The van der Waals surface area contributed by atoms with Crippen LogP contribution in [0.1, 0.15) is 17.1 Å². The first-order valence-electron chi connectivity index (χ1n) is 7.67. The number of fused-ring (bicyclic) bond motifs is 1. The number of urea groups is 1. The molecule has 2 amide bonds. The molecule has 8 heteroatoms. The fourth-order valence-electron chi connectivity index (χ4n) is 2.65. The predicted octanol–water partition coefficient (Wildman–Crippen LogP) is 4.79. The van der Waals surface area contributed by atoms with Gasteiger partial charge in [-0.3, -0.25) is 0 Å². The second-order valence-electron chi connectivity index (χ2n) is 5.73. The van der Waals surface area contributed by atoms with Gasteiger partial charge in [-0.2, -0.15) is 13.2 Å². The van der Waals surface area contributed by atoms with Gasteiger partial charge in [0.1, 0.15) is 11.5 Å². The molecular weight excluding hydrogens is 349 g/mol. The van der Waals surface area contributed by atoms with E-state index in [4.69, 9.17) is 0 Å². The summed E-state index contributed by atoms with van der Waals surface area (Å²) in [6, 6.07) is 10.4. The largest absolute Gasteiger partial charge is 0.508 e. The fraction of sp³-hybridized carbons (Fsp3) is 0.167. The van der Waals surface area contributed by atoms with Gasteiger partial charge in [-0.25, -0.2) is 4.79 Å². The third-order valence-corrected chi connectivity index (χ3v) is 3.74. The van der Waals surface area contributed by atoms with Gasteiger partial charge in [0.25, 0.3) is 0 Å². The Morgan fingerprint density at radius 3 is 2.69 bits per heavy atom. The molecule has 136 valence electrons. The Labute approximate surface area is 146 Å². The Morgan fingerprint density at radius 1 is 1.19 bits per heavy atom. The lowest BCUT2D eigenvalue weighted by atomic mass is 10.1. The van der Waals surface area contributed by atoms with Crippen molar-refractivity contribution in [2.45, 2.75) is 19.6 Å². The van der Waals surface area contributed by atoms with E-state index in [1.54, 1.807) is 18.2 Å². The minimum atomic E-state index is -4.63. The monoisotopic (exact) mass is 364 g/mol. The van der Waals surface area contributed by atoms with Crippen molar-refractivity contribution in [3.8, 4) is 5.75 Å². The van der Waals surface area contributed by atoms with Crippen LogP contribution in [-0.2, 0) is 12.7 Å². The third-order valence-electron chi connectivity index (χ3n) is 3.74. The average molecular weight is 364 g/mol. The van der Waals surface area contributed by atoms with E-state index in [0.29, 0.717) is 11.1 Å². The summed E-state index contributed by atoms with van der Waals surface area (Å²) >= 11 is 0. The number of phenols is 1. The summed E-state index contributed by atoms with van der Waals surface area (Å²) in [4.78, 5) is 12.1. The quantitative estimate of drug-likeness (QED) is 0.626. The molecule has 3 N–H and O–H groups in total. The van der Waals surface area contributed by atoms with Crippen molar-refractivity contribution in [3.05, 3.63) is 59.5 Å². The summed E-state index contributed by atoms with van der Waals surface area (Å²) in [5.41, 5.74) is 0.274. The van der Waals surface area contributed by atoms with Gasteiger partial charge in [-0.05, 0) is 36.6 Å². The molecule has 0 aliphatic carbocycles. The lowest BCUT2D eigenvalue weighted by Crippen LogP contribution is -2.28. The number of carbonyl (C=O) groups is 1. The van der Waals surface area contributed by atoms with Crippen molar-refractivity contribution in [2.75, 3.05) is 5.32 Å². The summed E-state index contributed by atoms with van der Waals surface area (Å²) < 4.78 is 43.4. The van der Waals surface area contributed by atoms with E-state index < -0.39 is 18.0 Å². The van der Waals surface area contributed by atoms with Crippen molar-refractivity contribution >= 4 is 22.5 Å². The van der Waals surface area contributed by atoms with E-state index in [1.165, 1.54) is 25.1 Å². The SMILES string of the molecule is Cc1cc(CNC(=O)Nc2cccc3ccc(O)cc23)c(C(F)(F)F)o1. The van der Waals surface area contributed by atoms with Crippen LogP contribution in [0.2, 0.25) is 0 Å². The fourth-order valence-corrected chi connectivity index (χ4v) is 2.65. The number of aryl methyl sites for hydroxylation is 1. The van der Waals surface area contributed by atoms with Crippen LogP contribution < -0.4 is 10.6 Å². The summed E-state index contributed by atoms with van der Waals surface area (Å²) in [6.07, 6.45) is -4.63. The van der Waals surface area contributed by atoms with Gasteiger partial charge in [-0.1, -0.05) is 18.2 Å². The van der Waals surface area contributed by atoms with Crippen LogP contribution in [-0.4, -0.2) is 11.1 Å². The van der Waals surface area contributed by atoms with Crippen LogP contribution >= 0.6 is 0 Å². The van der Waals surface area contributed by atoms with E-state index >= 15 is 0 Å². The lowest BCUT2D eigenvalue weighted by Gasteiger charge is -2.11. The molecule has 0 atom stereocenters. The van der Waals surface area contributed by atoms with Gasteiger partial charge in [0.15, 0.2) is 0 Å². The Balaban J connectivity index is 1.74. The van der Waals surface area contributed by atoms with Gasteiger partial charge in [0.2, 0.25) is 5.76 Å². The van der Waals surface area contributed by atoms with Crippen molar-refractivity contribution < 1.29 is 27.5 Å².